The van der Waals surface area contributed by atoms with E-state index < -0.39 is 0 Å². The van der Waals surface area contributed by atoms with Crippen molar-refractivity contribution in [2.24, 2.45) is 0 Å². The molecule has 0 radical (unpaired) electrons. The molecule has 0 aromatic heterocycles. The number of nitrogens with one attached hydrogen (secondary N) is 2. The van der Waals surface area contributed by atoms with Crippen LogP contribution in [0.15, 0.2) is 78.9 Å². The van der Waals surface area contributed by atoms with Gasteiger partial charge >= 0.3 is 0 Å². The van der Waals surface area contributed by atoms with Gasteiger partial charge in [0.05, 0.1) is 12.2 Å². The Morgan fingerprint density at radius 2 is 1.56 bits per heavy atom. The van der Waals surface area contributed by atoms with Crippen LogP contribution < -0.4 is 15.0 Å². The lowest BCUT2D eigenvalue weighted by Crippen LogP contribution is -2.69. The molecule has 0 aliphatic heterocycles. The summed E-state index contributed by atoms with van der Waals surface area (Å²) in [5.41, 5.74) is 4.38. The van der Waals surface area contributed by atoms with Gasteiger partial charge in [-0.3, -0.25) is 0 Å². The Morgan fingerprint density at radius 1 is 0.880 bits per heavy atom. The Bertz CT molecular complexity index is 839. The first-order valence-electron chi connectivity index (χ1n) is 8.51. The van der Waals surface area contributed by atoms with Crippen LogP contribution in [0.1, 0.15) is 18.1 Å². The average Bonchev–Trinajstić information content (AvgIpc) is 2.65. The fourth-order valence-electron chi connectivity index (χ4n) is 2.57. The van der Waals surface area contributed by atoms with Gasteiger partial charge in [0.15, 0.2) is 0 Å². The van der Waals surface area contributed by atoms with E-state index in [1.54, 1.807) is 0 Å². The van der Waals surface area contributed by atoms with E-state index in [0.29, 0.717) is 6.61 Å². The minimum absolute atomic E-state index is 0.670. The van der Waals surface area contributed by atoms with Crippen LogP contribution in [-0.2, 0) is 0 Å². The van der Waals surface area contributed by atoms with Gasteiger partial charge in [-0.2, -0.15) is 0 Å². The van der Waals surface area contributed by atoms with Crippen LogP contribution in [0.5, 0.6) is 5.75 Å². The van der Waals surface area contributed by atoms with Crippen LogP contribution in [0.25, 0.3) is 0 Å². The third-order valence-corrected chi connectivity index (χ3v) is 3.90. The third kappa shape index (κ3) is 4.48. The SMILES string of the molecule is CCOc1ccc(NC(=[NH+]c2ccccc2C)c2ccccc2)cc1. The number of amidine groups is 1. The lowest BCUT2D eigenvalue weighted by molar-refractivity contribution is -0.353. The zero-order chi connectivity index (χ0) is 17.5. The second-order valence-electron chi connectivity index (χ2n) is 5.76. The molecule has 0 bridgehead atoms. The summed E-state index contributed by atoms with van der Waals surface area (Å²) in [6.07, 6.45) is 0. The number of anilines is 1. The fourth-order valence-corrected chi connectivity index (χ4v) is 2.57. The number of para-hydroxylation sites is 1. The summed E-state index contributed by atoms with van der Waals surface area (Å²) in [6.45, 7) is 4.75. The normalized spacial score (nSPS) is 11.2. The minimum Gasteiger partial charge on any atom is -0.494 e. The van der Waals surface area contributed by atoms with E-state index in [1.807, 2.05) is 61.5 Å². The molecule has 2 N–H and O–H groups in total. The van der Waals surface area contributed by atoms with Crippen molar-refractivity contribution in [3.8, 4) is 5.75 Å². The van der Waals surface area contributed by atoms with E-state index in [9.17, 15) is 0 Å². The predicted molar refractivity (Wildman–Crippen MR) is 104 cm³/mol. The molecule has 0 aliphatic rings. The zero-order valence-corrected chi connectivity index (χ0v) is 14.6. The largest absolute Gasteiger partial charge is 0.494 e. The van der Waals surface area contributed by atoms with Crippen LogP contribution in [0.2, 0.25) is 0 Å². The smallest absolute Gasteiger partial charge is 0.285 e. The van der Waals surface area contributed by atoms with Crippen molar-refractivity contribution in [2.75, 3.05) is 11.9 Å². The molecule has 0 amide bonds. The van der Waals surface area contributed by atoms with E-state index >= 15 is 0 Å². The molecule has 25 heavy (non-hydrogen) atoms. The number of hydrogen-bond donors (Lipinski definition) is 2. The number of hydrogen-bond acceptors (Lipinski definition) is 1. The number of benzene rings is 3. The van der Waals surface area contributed by atoms with Gasteiger partial charge in [-0.1, -0.05) is 36.4 Å². The second-order valence-corrected chi connectivity index (χ2v) is 5.76. The highest BCUT2D eigenvalue weighted by Crippen LogP contribution is 2.16. The Balaban J connectivity index is 1.93. The molecule has 3 nitrogen and oxygen atoms in total. The van der Waals surface area contributed by atoms with Crippen LogP contribution in [0.3, 0.4) is 0 Å². The van der Waals surface area contributed by atoms with E-state index in [0.717, 1.165) is 28.5 Å². The van der Waals surface area contributed by atoms with Crippen molar-refractivity contribution in [1.82, 2.24) is 0 Å². The van der Waals surface area contributed by atoms with Crippen molar-refractivity contribution < 1.29 is 9.73 Å². The van der Waals surface area contributed by atoms with Crippen LogP contribution in [-0.4, -0.2) is 12.4 Å². The average molecular weight is 331 g/mol. The third-order valence-electron chi connectivity index (χ3n) is 3.90. The van der Waals surface area contributed by atoms with Gasteiger partial charge < -0.3 is 4.74 Å². The van der Waals surface area contributed by atoms with Gasteiger partial charge in [-0.25, -0.2) is 10.3 Å². The molecular weight excluding hydrogens is 308 g/mol. The molecule has 3 heteroatoms. The summed E-state index contributed by atoms with van der Waals surface area (Å²) in [6, 6.07) is 26.5. The minimum atomic E-state index is 0.670. The molecule has 126 valence electrons. The second kappa shape index (κ2) is 8.15. The highest BCUT2D eigenvalue weighted by atomic mass is 16.5. The number of ether oxygens (including phenoxy) is 1. The van der Waals surface area contributed by atoms with Crippen molar-refractivity contribution >= 4 is 17.2 Å². The van der Waals surface area contributed by atoms with Gasteiger partial charge in [0.25, 0.3) is 5.84 Å². The highest BCUT2D eigenvalue weighted by molar-refractivity contribution is 6.04. The molecule has 0 saturated carbocycles. The summed E-state index contributed by atoms with van der Waals surface area (Å²) >= 11 is 0. The highest BCUT2D eigenvalue weighted by Gasteiger charge is 2.12. The van der Waals surface area contributed by atoms with E-state index in [4.69, 9.17) is 4.74 Å². The fraction of sp³-hybridized carbons (Fsp3) is 0.136. The maximum Gasteiger partial charge on any atom is 0.285 e. The molecule has 0 saturated heterocycles. The lowest BCUT2D eigenvalue weighted by Gasteiger charge is -2.06. The Morgan fingerprint density at radius 3 is 2.24 bits per heavy atom. The Labute approximate surface area is 149 Å². The number of rotatable bonds is 5. The topological polar surface area (TPSA) is 35.2 Å². The van der Waals surface area contributed by atoms with E-state index in [1.165, 1.54) is 5.56 Å². The van der Waals surface area contributed by atoms with Gasteiger partial charge in [-0.05, 0) is 61.9 Å². The quantitative estimate of drug-likeness (QED) is 0.553. The summed E-state index contributed by atoms with van der Waals surface area (Å²) < 4.78 is 5.51. The van der Waals surface area contributed by atoms with Crippen molar-refractivity contribution in [3.05, 3.63) is 90.0 Å². The number of aryl methyl sites for hydroxylation is 1. The lowest BCUT2D eigenvalue weighted by atomic mass is 10.1. The zero-order valence-electron chi connectivity index (χ0n) is 14.6. The van der Waals surface area contributed by atoms with E-state index in [2.05, 4.69) is 41.5 Å². The first-order valence-corrected chi connectivity index (χ1v) is 8.51. The maximum atomic E-state index is 5.51. The molecule has 3 aromatic rings. The van der Waals surface area contributed by atoms with Crippen LogP contribution in [0.4, 0.5) is 11.4 Å². The van der Waals surface area contributed by atoms with E-state index in [-0.39, 0.29) is 0 Å². The molecule has 3 rings (SSSR count). The molecule has 3 aromatic carbocycles. The van der Waals surface area contributed by atoms with Gasteiger partial charge in [0.2, 0.25) is 0 Å². The van der Waals surface area contributed by atoms with Gasteiger partial charge in [0, 0.05) is 0 Å². The monoisotopic (exact) mass is 331 g/mol. The molecule has 0 spiro atoms. The summed E-state index contributed by atoms with van der Waals surface area (Å²) in [5, 5.41) is 3.49. The van der Waals surface area contributed by atoms with Crippen molar-refractivity contribution in [2.45, 2.75) is 13.8 Å². The maximum absolute atomic E-state index is 5.51. The molecular formula is C22H23N2O+. The summed E-state index contributed by atoms with van der Waals surface area (Å²) in [7, 11) is 0. The Hall–Kier alpha value is -3.07. The summed E-state index contributed by atoms with van der Waals surface area (Å²) in [5.74, 6) is 1.82. The first kappa shape index (κ1) is 16.8. The molecule has 0 heterocycles. The van der Waals surface area contributed by atoms with Crippen molar-refractivity contribution in [1.29, 1.82) is 0 Å². The standard InChI is InChI=1S/C22H22N2O/c1-3-25-20-15-13-19(14-16-20)23-22(18-10-5-4-6-11-18)24-21-12-8-7-9-17(21)2/h4-16H,3H2,1-2H3,(H,23,24)/p+1. The van der Waals surface area contributed by atoms with Gasteiger partial charge in [-0.15, -0.1) is 0 Å². The van der Waals surface area contributed by atoms with Crippen molar-refractivity contribution in [3.63, 3.8) is 0 Å². The van der Waals surface area contributed by atoms with Crippen LogP contribution in [0, 0.1) is 6.92 Å². The summed E-state index contributed by atoms with van der Waals surface area (Å²) in [4.78, 5) is 3.53. The molecule has 0 atom stereocenters. The molecule has 0 unspecified atom stereocenters. The molecule has 0 aliphatic carbocycles. The predicted octanol–water partition coefficient (Wildman–Crippen LogP) is 3.66. The Kier molecular flexibility index (Phi) is 5.47. The first-order chi connectivity index (χ1) is 12.3. The molecule has 0 fully saturated rings. The van der Waals surface area contributed by atoms with Gasteiger partial charge in [0.1, 0.15) is 17.1 Å². The van der Waals surface area contributed by atoms with Crippen LogP contribution >= 0.6 is 0 Å².